The minimum atomic E-state index is -3.66. The van der Waals surface area contributed by atoms with E-state index in [1.807, 2.05) is 12.1 Å². The van der Waals surface area contributed by atoms with Crippen molar-refractivity contribution in [1.82, 2.24) is 9.29 Å². The highest BCUT2D eigenvalue weighted by Gasteiger charge is 2.28. The number of nitrogens with zero attached hydrogens (tertiary/aromatic N) is 3. The average Bonchev–Trinajstić information content (AvgIpc) is 2.86. The first-order chi connectivity index (χ1) is 16.0. The van der Waals surface area contributed by atoms with Crippen LogP contribution in [0.3, 0.4) is 0 Å². The summed E-state index contributed by atoms with van der Waals surface area (Å²) < 4.78 is 33.5. The molecule has 0 aliphatic carbocycles. The van der Waals surface area contributed by atoms with Crippen LogP contribution in [-0.2, 0) is 14.8 Å². The van der Waals surface area contributed by atoms with Crippen LogP contribution in [-0.4, -0.2) is 68.8 Å². The number of ether oxygens (including phenoxy) is 1. The third-order valence-electron chi connectivity index (χ3n) is 5.80. The number of carbonyl (C=O) groups is 1. The maximum atomic E-state index is 13.3. The summed E-state index contributed by atoms with van der Waals surface area (Å²) in [6.07, 6.45) is 4.38. The van der Waals surface area contributed by atoms with Gasteiger partial charge in [0.25, 0.3) is 5.91 Å². The number of hydrogen-bond donors (Lipinski definition) is 1. The van der Waals surface area contributed by atoms with Crippen LogP contribution in [0.1, 0.15) is 36.5 Å². The fourth-order valence-corrected chi connectivity index (χ4v) is 6.21. The summed E-state index contributed by atoms with van der Waals surface area (Å²) >= 11 is 1.62. The van der Waals surface area contributed by atoms with Gasteiger partial charge in [0, 0.05) is 31.9 Å². The van der Waals surface area contributed by atoms with Crippen molar-refractivity contribution in [3.63, 3.8) is 0 Å². The molecule has 178 valence electrons. The van der Waals surface area contributed by atoms with E-state index in [2.05, 4.69) is 22.1 Å². The van der Waals surface area contributed by atoms with Gasteiger partial charge in [-0.15, -0.1) is 11.8 Å². The second-order valence-corrected chi connectivity index (χ2v) is 11.2. The van der Waals surface area contributed by atoms with E-state index in [9.17, 15) is 13.2 Å². The van der Waals surface area contributed by atoms with Crippen molar-refractivity contribution < 1.29 is 17.9 Å². The lowest BCUT2D eigenvalue weighted by atomic mass is 10.1. The molecule has 0 radical (unpaired) electrons. The number of thioether (sulfide) groups is 1. The van der Waals surface area contributed by atoms with E-state index >= 15 is 0 Å². The molecule has 0 saturated carbocycles. The summed E-state index contributed by atoms with van der Waals surface area (Å²) in [6, 6.07) is 8.55. The molecule has 2 aliphatic rings. The van der Waals surface area contributed by atoms with Gasteiger partial charge in [-0.2, -0.15) is 4.31 Å². The van der Waals surface area contributed by atoms with Crippen LogP contribution in [0.25, 0.3) is 0 Å². The minimum Gasteiger partial charge on any atom is -0.378 e. The van der Waals surface area contributed by atoms with Gasteiger partial charge in [0.1, 0.15) is 0 Å². The smallest absolute Gasteiger partial charge is 0.257 e. The molecule has 8 nitrogen and oxygen atoms in total. The number of nitrogens with one attached hydrogen (secondary N) is 1. The van der Waals surface area contributed by atoms with Gasteiger partial charge in [-0.05, 0) is 48.9 Å². The second kappa shape index (κ2) is 10.9. The van der Waals surface area contributed by atoms with Crippen LogP contribution in [0.15, 0.2) is 46.5 Å². The van der Waals surface area contributed by atoms with Gasteiger partial charge >= 0.3 is 0 Å². The lowest BCUT2D eigenvalue weighted by Crippen LogP contribution is -2.38. The quantitative estimate of drug-likeness (QED) is 0.594. The molecule has 0 atom stereocenters. The SMILES string of the molecule is CCSc1ccc(NC(=O)c2cc(S(=O)(=O)N3CCCCC3)ccc2N2CCOCC2)cn1. The lowest BCUT2D eigenvalue weighted by Gasteiger charge is -2.31. The first-order valence-corrected chi connectivity index (χ1v) is 13.8. The number of hydrogen-bond acceptors (Lipinski definition) is 7. The molecule has 1 aromatic heterocycles. The molecule has 2 aliphatic heterocycles. The van der Waals surface area contributed by atoms with Crippen LogP contribution >= 0.6 is 11.8 Å². The summed E-state index contributed by atoms with van der Waals surface area (Å²) in [6.45, 7) is 5.50. The van der Waals surface area contributed by atoms with E-state index in [-0.39, 0.29) is 10.8 Å². The Hall–Kier alpha value is -2.14. The highest BCUT2D eigenvalue weighted by atomic mass is 32.2. The van der Waals surface area contributed by atoms with E-state index in [1.165, 1.54) is 10.4 Å². The first-order valence-electron chi connectivity index (χ1n) is 11.4. The van der Waals surface area contributed by atoms with E-state index < -0.39 is 10.0 Å². The zero-order valence-corrected chi connectivity index (χ0v) is 20.5. The van der Waals surface area contributed by atoms with Gasteiger partial charge < -0.3 is 15.0 Å². The Morgan fingerprint density at radius 3 is 2.52 bits per heavy atom. The van der Waals surface area contributed by atoms with E-state index in [0.29, 0.717) is 56.3 Å². The Labute approximate surface area is 199 Å². The monoisotopic (exact) mass is 490 g/mol. The molecule has 2 saturated heterocycles. The molecule has 10 heteroatoms. The second-order valence-electron chi connectivity index (χ2n) is 8.02. The molecule has 33 heavy (non-hydrogen) atoms. The number of rotatable bonds is 7. The van der Waals surface area contributed by atoms with Crippen LogP contribution in [0, 0.1) is 0 Å². The van der Waals surface area contributed by atoms with Crippen molar-refractivity contribution in [3.8, 4) is 0 Å². The van der Waals surface area contributed by atoms with Crippen molar-refractivity contribution in [2.75, 3.05) is 55.4 Å². The molecule has 1 amide bonds. The van der Waals surface area contributed by atoms with E-state index in [1.54, 1.807) is 30.1 Å². The number of aromatic nitrogens is 1. The fourth-order valence-electron chi connectivity index (χ4n) is 4.08. The van der Waals surface area contributed by atoms with Gasteiger partial charge in [0.05, 0.1) is 40.6 Å². The highest BCUT2D eigenvalue weighted by Crippen LogP contribution is 2.29. The summed E-state index contributed by atoms with van der Waals surface area (Å²) in [5.74, 6) is 0.560. The highest BCUT2D eigenvalue weighted by molar-refractivity contribution is 7.99. The Morgan fingerprint density at radius 1 is 1.09 bits per heavy atom. The van der Waals surface area contributed by atoms with Gasteiger partial charge in [-0.25, -0.2) is 13.4 Å². The van der Waals surface area contributed by atoms with Crippen molar-refractivity contribution in [3.05, 3.63) is 42.1 Å². The molecule has 4 rings (SSSR count). The Morgan fingerprint density at radius 2 is 1.85 bits per heavy atom. The predicted octanol–water partition coefficient (Wildman–Crippen LogP) is 3.46. The maximum Gasteiger partial charge on any atom is 0.257 e. The number of sulfonamides is 1. The number of morpholine rings is 1. The van der Waals surface area contributed by atoms with Crippen LogP contribution < -0.4 is 10.2 Å². The summed E-state index contributed by atoms with van der Waals surface area (Å²) in [7, 11) is -3.66. The zero-order valence-electron chi connectivity index (χ0n) is 18.8. The molecule has 1 N–H and O–H groups in total. The largest absolute Gasteiger partial charge is 0.378 e. The van der Waals surface area contributed by atoms with Gasteiger partial charge in [0.15, 0.2) is 0 Å². The van der Waals surface area contributed by atoms with Gasteiger partial charge in [-0.3, -0.25) is 4.79 Å². The zero-order chi connectivity index (χ0) is 23.3. The van der Waals surface area contributed by atoms with Gasteiger partial charge in [0.2, 0.25) is 10.0 Å². The number of pyridine rings is 1. The molecule has 1 aromatic carbocycles. The molecule has 2 fully saturated rings. The normalized spacial score (nSPS) is 17.7. The number of benzene rings is 1. The third kappa shape index (κ3) is 5.68. The minimum absolute atomic E-state index is 0.152. The Kier molecular flexibility index (Phi) is 7.90. The average molecular weight is 491 g/mol. The molecule has 2 aromatic rings. The van der Waals surface area contributed by atoms with Crippen molar-refractivity contribution >= 4 is 39.1 Å². The molecular formula is C23H30N4O4S2. The van der Waals surface area contributed by atoms with E-state index in [0.717, 1.165) is 30.0 Å². The standard InChI is InChI=1S/C23H30N4O4S2/c1-2-32-22-9-6-18(17-24-22)25-23(28)20-16-19(33(29,30)27-10-4-3-5-11-27)7-8-21(20)26-12-14-31-15-13-26/h6-9,16-17H,2-5,10-15H2,1H3,(H,25,28). The maximum absolute atomic E-state index is 13.3. The third-order valence-corrected chi connectivity index (χ3v) is 8.52. The van der Waals surface area contributed by atoms with Gasteiger partial charge in [-0.1, -0.05) is 13.3 Å². The molecular weight excluding hydrogens is 460 g/mol. The van der Waals surface area contributed by atoms with Crippen molar-refractivity contribution in [1.29, 1.82) is 0 Å². The van der Waals surface area contributed by atoms with E-state index in [4.69, 9.17) is 4.74 Å². The summed E-state index contributed by atoms with van der Waals surface area (Å²) in [5.41, 5.74) is 1.61. The van der Waals surface area contributed by atoms with Crippen LogP contribution in [0.2, 0.25) is 0 Å². The molecule has 0 spiro atoms. The topological polar surface area (TPSA) is 91.8 Å². The molecule has 3 heterocycles. The number of anilines is 2. The lowest BCUT2D eigenvalue weighted by molar-refractivity contribution is 0.102. The van der Waals surface area contributed by atoms with Crippen molar-refractivity contribution in [2.45, 2.75) is 36.1 Å². The number of carbonyl (C=O) groups excluding carboxylic acids is 1. The first kappa shape index (κ1) is 24.0. The molecule has 0 bridgehead atoms. The predicted molar refractivity (Wildman–Crippen MR) is 131 cm³/mol. The van der Waals surface area contributed by atoms with Crippen molar-refractivity contribution in [2.24, 2.45) is 0 Å². The number of amides is 1. The summed E-state index contributed by atoms with van der Waals surface area (Å²) in [4.78, 5) is 19.9. The van der Waals surface area contributed by atoms with Crippen LogP contribution in [0.4, 0.5) is 11.4 Å². The Balaban J connectivity index is 1.65. The number of piperidine rings is 1. The Bertz CT molecular complexity index is 1060. The van der Waals surface area contributed by atoms with Crippen LogP contribution in [0.5, 0.6) is 0 Å². The summed E-state index contributed by atoms with van der Waals surface area (Å²) in [5, 5.41) is 3.78. The fraction of sp³-hybridized carbons (Fsp3) is 0.478. The molecule has 0 unspecified atom stereocenters.